The average Bonchev–Trinajstić information content (AvgIpc) is 3.44. The van der Waals surface area contributed by atoms with E-state index in [9.17, 15) is 14.8 Å². The fraction of sp³-hybridized carbons (Fsp3) is 0.344. The van der Waals surface area contributed by atoms with Crippen molar-refractivity contribution >= 4 is 28.7 Å². The number of nitrogens with zero attached hydrogens (tertiary/aromatic N) is 3. The van der Waals surface area contributed by atoms with Crippen LogP contribution in [0.5, 0.6) is 17.2 Å². The number of benzene rings is 2. The molecular weight excluding hydrogens is 566 g/mol. The van der Waals surface area contributed by atoms with Crippen LogP contribution in [0.2, 0.25) is 0 Å². The summed E-state index contributed by atoms with van der Waals surface area (Å²) in [6.07, 6.45) is 4.70. The third-order valence-electron chi connectivity index (χ3n) is 7.86. The normalized spacial score (nSPS) is 18.1. The predicted octanol–water partition coefficient (Wildman–Crippen LogP) is 4.48. The van der Waals surface area contributed by atoms with Crippen molar-refractivity contribution in [2.75, 3.05) is 58.9 Å². The molecule has 44 heavy (non-hydrogen) atoms. The molecule has 1 saturated heterocycles. The number of amides is 2. The molecule has 1 aliphatic rings. The van der Waals surface area contributed by atoms with Crippen molar-refractivity contribution in [2.45, 2.75) is 18.8 Å². The number of hydrogen-bond acceptors (Lipinski definition) is 8. The van der Waals surface area contributed by atoms with E-state index in [1.165, 1.54) is 10.8 Å². The van der Waals surface area contributed by atoms with Crippen LogP contribution in [0.1, 0.15) is 34.7 Å². The van der Waals surface area contributed by atoms with Gasteiger partial charge in [0, 0.05) is 62.5 Å². The predicted molar refractivity (Wildman–Crippen MR) is 165 cm³/mol. The highest BCUT2D eigenvalue weighted by Crippen LogP contribution is 2.37. The summed E-state index contributed by atoms with van der Waals surface area (Å²) in [6.45, 7) is 1.74. The topological polar surface area (TPSA) is 147 Å². The molecule has 12 nitrogen and oxygen atoms in total. The molecular formula is C32H37N5O7. The minimum Gasteiger partial charge on any atom is -0.633 e. The van der Waals surface area contributed by atoms with Crippen molar-refractivity contribution in [3.05, 3.63) is 83.3 Å². The lowest BCUT2D eigenvalue weighted by molar-refractivity contribution is -0.886. The van der Waals surface area contributed by atoms with Gasteiger partial charge in [-0.2, -0.15) is 0 Å². The Hall–Kier alpha value is -4.49. The number of aromatic nitrogens is 2. The van der Waals surface area contributed by atoms with Crippen LogP contribution in [0.15, 0.2) is 67.0 Å². The highest BCUT2D eigenvalue weighted by atomic mass is 16.5. The first-order chi connectivity index (χ1) is 21.3. The second kappa shape index (κ2) is 13.9. The number of quaternary nitrogens is 1. The number of carbonyl (C=O) groups is 2. The Bertz CT molecular complexity index is 1600. The Kier molecular flexibility index (Phi) is 9.75. The lowest BCUT2D eigenvalue weighted by atomic mass is 9.88. The molecule has 4 aromatic rings. The Morgan fingerprint density at radius 2 is 1.84 bits per heavy atom. The maximum atomic E-state index is 13.0. The van der Waals surface area contributed by atoms with E-state index in [2.05, 4.69) is 15.6 Å². The van der Waals surface area contributed by atoms with Gasteiger partial charge in [-0.25, -0.2) is 9.78 Å². The summed E-state index contributed by atoms with van der Waals surface area (Å²) in [5.74, 6) is 1.53. The molecule has 0 spiro atoms. The van der Waals surface area contributed by atoms with Crippen LogP contribution in [-0.2, 0) is 4.74 Å². The molecule has 0 bridgehead atoms. The Balaban J connectivity index is 1.27. The van der Waals surface area contributed by atoms with E-state index in [-0.39, 0.29) is 42.3 Å². The SMILES string of the molecule is CNC(=O)n1ccc2cc(Oc3ccnc(NC(=O)c4ccc([C@H]5CC[N@+]([O-])(CCO)CC5)cc4)c3)c(OCCOC)cc21. The summed E-state index contributed by atoms with van der Waals surface area (Å²) in [5, 5.41) is 28.0. The first-order valence-corrected chi connectivity index (χ1v) is 14.5. The summed E-state index contributed by atoms with van der Waals surface area (Å²) >= 11 is 0. The molecule has 0 unspecified atom stereocenters. The summed E-state index contributed by atoms with van der Waals surface area (Å²) in [6, 6.07) is 15.8. The summed E-state index contributed by atoms with van der Waals surface area (Å²) in [7, 11) is 3.14. The molecule has 0 radical (unpaired) electrons. The quantitative estimate of drug-likeness (QED) is 0.129. The van der Waals surface area contributed by atoms with Gasteiger partial charge in [0.05, 0.1) is 31.8 Å². The van der Waals surface area contributed by atoms with Gasteiger partial charge < -0.3 is 39.8 Å². The number of hydrogen-bond donors (Lipinski definition) is 3. The second-order valence-electron chi connectivity index (χ2n) is 10.7. The molecule has 232 valence electrons. The third-order valence-corrected chi connectivity index (χ3v) is 7.86. The van der Waals surface area contributed by atoms with Crippen LogP contribution in [0.4, 0.5) is 10.6 Å². The number of rotatable bonds is 11. The lowest BCUT2D eigenvalue weighted by Gasteiger charge is -2.47. The van der Waals surface area contributed by atoms with Gasteiger partial charge in [0.2, 0.25) is 0 Å². The standard InChI is InChI=1S/C32H37N5O7/c1-33-32(40)36-12-8-25-19-29(28(21-27(25)36)43-18-17-42-2)44-26-7-11-34-30(20-26)35-31(39)24-5-3-22(4-6-24)23-9-13-37(41,14-10-23)15-16-38/h3-8,11-12,19-21,23,38H,9-10,13-18H2,1-2H3,(H,33,40)(H,34,35,39)/t23-,37+. The van der Waals surface area contributed by atoms with Gasteiger partial charge in [-0.05, 0) is 41.8 Å². The number of fused-ring (bicyclic) bond motifs is 1. The molecule has 2 aromatic carbocycles. The van der Waals surface area contributed by atoms with Gasteiger partial charge in [-0.15, -0.1) is 0 Å². The van der Waals surface area contributed by atoms with Gasteiger partial charge in [0.1, 0.15) is 24.7 Å². The number of likely N-dealkylation sites (tertiary alicyclic amines) is 1. The number of hydroxylamine groups is 3. The van der Waals surface area contributed by atoms with Crippen LogP contribution in [0, 0.1) is 5.21 Å². The van der Waals surface area contributed by atoms with Crippen molar-refractivity contribution in [3.63, 3.8) is 0 Å². The first-order valence-electron chi connectivity index (χ1n) is 14.5. The zero-order valence-corrected chi connectivity index (χ0v) is 24.8. The van der Waals surface area contributed by atoms with Crippen molar-refractivity contribution in [3.8, 4) is 17.2 Å². The number of aliphatic hydroxyl groups excluding tert-OH is 1. The zero-order valence-electron chi connectivity index (χ0n) is 24.8. The molecule has 2 amide bonds. The van der Waals surface area contributed by atoms with Crippen LogP contribution >= 0.6 is 0 Å². The minimum absolute atomic E-state index is 0.100. The fourth-order valence-corrected chi connectivity index (χ4v) is 5.41. The average molecular weight is 604 g/mol. The number of aliphatic hydroxyl groups is 1. The van der Waals surface area contributed by atoms with E-state index in [1.807, 2.05) is 18.2 Å². The van der Waals surface area contributed by atoms with Crippen molar-refractivity contribution in [1.82, 2.24) is 14.9 Å². The van der Waals surface area contributed by atoms with Gasteiger partial charge in [0.15, 0.2) is 11.5 Å². The maximum absolute atomic E-state index is 13.0. The number of piperidine rings is 1. The molecule has 3 heterocycles. The van der Waals surface area contributed by atoms with Crippen LogP contribution in [-0.4, -0.2) is 84.9 Å². The second-order valence-corrected chi connectivity index (χ2v) is 10.7. The molecule has 1 fully saturated rings. The van der Waals surface area contributed by atoms with E-state index in [0.29, 0.717) is 53.8 Å². The molecule has 3 N–H and O–H groups in total. The number of methoxy groups -OCH3 is 1. The van der Waals surface area contributed by atoms with Crippen LogP contribution in [0.3, 0.4) is 0 Å². The largest absolute Gasteiger partial charge is 0.633 e. The van der Waals surface area contributed by atoms with Gasteiger partial charge >= 0.3 is 6.03 Å². The molecule has 5 rings (SSSR count). The van der Waals surface area contributed by atoms with E-state index >= 15 is 0 Å². The van der Waals surface area contributed by atoms with E-state index in [0.717, 1.165) is 23.8 Å². The fourth-order valence-electron chi connectivity index (χ4n) is 5.41. The van der Waals surface area contributed by atoms with E-state index < -0.39 is 0 Å². The molecule has 0 aliphatic carbocycles. The Morgan fingerprint density at radius 3 is 2.55 bits per heavy atom. The number of anilines is 1. The lowest BCUT2D eigenvalue weighted by Crippen LogP contribution is -2.49. The number of ether oxygens (including phenoxy) is 3. The van der Waals surface area contributed by atoms with Crippen LogP contribution in [0.25, 0.3) is 10.9 Å². The maximum Gasteiger partial charge on any atom is 0.325 e. The molecule has 0 saturated carbocycles. The van der Waals surface area contributed by atoms with Crippen LogP contribution < -0.4 is 20.1 Å². The Morgan fingerprint density at radius 1 is 1.07 bits per heavy atom. The van der Waals surface area contributed by atoms with Crippen molar-refractivity contribution in [1.29, 1.82) is 0 Å². The van der Waals surface area contributed by atoms with E-state index in [4.69, 9.17) is 19.3 Å². The van der Waals surface area contributed by atoms with Gasteiger partial charge in [-0.1, -0.05) is 12.1 Å². The zero-order chi connectivity index (χ0) is 31.1. The summed E-state index contributed by atoms with van der Waals surface area (Å²) in [4.78, 5) is 29.6. The van der Waals surface area contributed by atoms with Crippen molar-refractivity contribution in [2.24, 2.45) is 0 Å². The van der Waals surface area contributed by atoms with Gasteiger partial charge in [-0.3, -0.25) is 9.36 Å². The van der Waals surface area contributed by atoms with E-state index in [1.54, 1.807) is 56.8 Å². The highest BCUT2D eigenvalue weighted by molar-refractivity contribution is 6.03. The smallest absolute Gasteiger partial charge is 0.325 e. The molecule has 2 aromatic heterocycles. The Labute approximate surface area is 255 Å². The van der Waals surface area contributed by atoms with Gasteiger partial charge in [0.25, 0.3) is 5.91 Å². The number of nitrogens with one attached hydrogen (secondary N) is 2. The number of carbonyl (C=O) groups excluding carboxylic acids is 2. The molecule has 12 heteroatoms. The highest BCUT2D eigenvalue weighted by Gasteiger charge is 2.27. The first kappa shape index (κ1) is 31.0. The number of pyridine rings is 1. The minimum atomic E-state index is -0.342. The summed E-state index contributed by atoms with van der Waals surface area (Å²) < 4.78 is 18.4. The molecule has 0 atom stereocenters. The molecule has 1 aliphatic heterocycles. The summed E-state index contributed by atoms with van der Waals surface area (Å²) in [5.41, 5.74) is 2.23. The monoisotopic (exact) mass is 603 g/mol. The van der Waals surface area contributed by atoms with Crippen molar-refractivity contribution < 1.29 is 33.6 Å². The third kappa shape index (κ3) is 7.17.